The first-order valence-corrected chi connectivity index (χ1v) is 13.3. The van der Waals surface area contributed by atoms with E-state index in [1.807, 2.05) is 6.07 Å². The standard InChI is InChI=1S/C28H37N3O6/c1-13(2)31-7-5-6-19(31)14-8-15-9-16-10-18-23(30(3)4)24(33)17(12-29)26(35)28(18,37)27(36)22(16)25(34)21(15)20(32)11-14/h8,11,13,16-19,22-23,32,37H,5-7,9-10,12,29H2,1-4H3. The van der Waals surface area contributed by atoms with E-state index in [1.165, 1.54) is 0 Å². The highest BCUT2D eigenvalue weighted by atomic mass is 16.3. The maximum atomic E-state index is 13.8. The highest BCUT2D eigenvalue weighted by Crippen LogP contribution is 2.51. The highest BCUT2D eigenvalue weighted by molar-refractivity contribution is 6.27. The number of hydrogen-bond donors (Lipinski definition) is 3. The van der Waals surface area contributed by atoms with Crippen LogP contribution in [0.5, 0.6) is 5.75 Å². The smallest absolute Gasteiger partial charge is 0.187 e. The van der Waals surface area contributed by atoms with Gasteiger partial charge in [0.25, 0.3) is 0 Å². The summed E-state index contributed by atoms with van der Waals surface area (Å²) in [5, 5.41) is 22.7. The molecule has 1 saturated heterocycles. The van der Waals surface area contributed by atoms with Crippen LogP contribution < -0.4 is 5.73 Å². The lowest BCUT2D eigenvalue weighted by molar-refractivity contribution is -0.180. The number of aromatic hydroxyl groups is 1. The number of aliphatic hydroxyl groups is 1. The molecular formula is C28H37N3O6. The first-order valence-electron chi connectivity index (χ1n) is 13.3. The van der Waals surface area contributed by atoms with E-state index in [4.69, 9.17) is 5.73 Å². The van der Waals surface area contributed by atoms with Gasteiger partial charge >= 0.3 is 0 Å². The molecule has 0 bridgehead atoms. The maximum absolute atomic E-state index is 13.8. The molecule has 4 N–H and O–H groups in total. The van der Waals surface area contributed by atoms with Gasteiger partial charge in [0.15, 0.2) is 28.7 Å². The summed E-state index contributed by atoms with van der Waals surface area (Å²) in [4.78, 5) is 58.1. The molecule has 9 nitrogen and oxygen atoms in total. The van der Waals surface area contributed by atoms with E-state index in [0.29, 0.717) is 18.0 Å². The van der Waals surface area contributed by atoms with Gasteiger partial charge in [-0.3, -0.25) is 29.0 Å². The molecule has 1 heterocycles. The molecule has 3 fully saturated rings. The Kier molecular flexibility index (Phi) is 6.42. The third-order valence-electron chi connectivity index (χ3n) is 9.30. The number of likely N-dealkylation sites (N-methyl/N-ethyl adjacent to an activating group) is 1. The Morgan fingerprint density at radius 2 is 1.86 bits per heavy atom. The molecule has 7 unspecified atom stereocenters. The molecule has 3 aliphatic carbocycles. The number of Topliss-reactive ketones (excluding diaryl/α,β-unsaturated/α-hetero) is 4. The molecule has 4 aliphatic rings. The number of carbonyl (C=O) groups is 4. The molecule has 37 heavy (non-hydrogen) atoms. The maximum Gasteiger partial charge on any atom is 0.187 e. The number of likely N-dealkylation sites (tertiary alicyclic amines) is 1. The van der Waals surface area contributed by atoms with Crippen molar-refractivity contribution in [1.29, 1.82) is 0 Å². The summed E-state index contributed by atoms with van der Waals surface area (Å²) in [6.45, 7) is 4.94. The Morgan fingerprint density at radius 3 is 2.49 bits per heavy atom. The average molecular weight is 512 g/mol. The Balaban J connectivity index is 1.57. The van der Waals surface area contributed by atoms with Crippen LogP contribution in [0.25, 0.3) is 0 Å². The number of carbonyl (C=O) groups excluding carboxylic acids is 4. The van der Waals surface area contributed by atoms with Gasteiger partial charge < -0.3 is 15.9 Å². The van der Waals surface area contributed by atoms with Gasteiger partial charge in [0.2, 0.25) is 0 Å². The average Bonchev–Trinajstić information content (AvgIpc) is 3.32. The quantitative estimate of drug-likeness (QED) is 0.503. The van der Waals surface area contributed by atoms with Gasteiger partial charge in [0.05, 0.1) is 23.4 Å². The van der Waals surface area contributed by atoms with Crippen molar-refractivity contribution < 1.29 is 29.4 Å². The zero-order valence-electron chi connectivity index (χ0n) is 21.9. The van der Waals surface area contributed by atoms with Gasteiger partial charge in [-0.1, -0.05) is 6.07 Å². The van der Waals surface area contributed by atoms with Crippen LogP contribution in [0.3, 0.4) is 0 Å². The molecule has 9 heteroatoms. The molecule has 5 rings (SSSR count). The molecule has 0 radical (unpaired) electrons. The fourth-order valence-electron chi connectivity index (χ4n) is 7.65. The number of rotatable bonds is 4. The first-order chi connectivity index (χ1) is 17.4. The van der Waals surface area contributed by atoms with Gasteiger partial charge in [0.1, 0.15) is 5.75 Å². The summed E-state index contributed by atoms with van der Waals surface area (Å²) in [7, 11) is 3.35. The van der Waals surface area contributed by atoms with Crippen molar-refractivity contribution in [2.75, 3.05) is 27.2 Å². The second kappa shape index (κ2) is 9.08. The number of benzene rings is 1. The summed E-state index contributed by atoms with van der Waals surface area (Å²) < 4.78 is 0. The molecular weight excluding hydrogens is 474 g/mol. The number of hydrogen-bond acceptors (Lipinski definition) is 9. The minimum absolute atomic E-state index is 0.105. The van der Waals surface area contributed by atoms with Crippen LogP contribution in [0, 0.1) is 23.7 Å². The topological polar surface area (TPSA) is 141 Å². The van der Waals surface area contributed by atoms with Crippen LogP contribution in [-0.2, 0) is 20.8 Å². The van der Waals surface area contributed by atoms with Gasteiger partial charge in [0, 0.05) is 24.5 Å². The highest BCUT2D eigenvalue weighted by Gasteiger charge is 2.68. The van der Waals surface area contributed by atoms with Crippen LogP contribution in [0.15, 0.2) is 12.1 Å². The van der Waals surface area contributed by atoms with Crippen molar-refractivity contribution in [3.8, 4) is 5.75 Å². The summed E-state index contributed by atoms with van der Waals surface area (Å²) in [5.41, 5.74) is 5.00. The van der Waals surface area contributed by atoms with E-state index in [9.17, 15) is 29.4 Å². The molecule has 0 aromatic heterocycles. The van der Waals surface area contributed by atoms with E-state index in [-0.39, 0.29) is 30.3 Å². The SMILES string of the molecule is CC(C)N1CCCC1c1cc(O)c2c(c1)CC1CC3C(N(C)C)C(=O)C(CN)C(=O)C3(O)C(=O)C1C2=O. The molecule has 0 spiro atoms. The molecule has 1 aromatic rings. The van der Waals surface area contributed by atoms with Crippen molar-refractivity contribution >= 4 is 23.1 Å². The molecule has 1 aliphatic heterocycles. The number of nitrogens with zero attached hydrogens (tertiary/aromatic N) is 2. The second-order valence-electron chi connectivity index (χ2n) is 11.8. The second-order valence-corrected chi connectivity index (χ2v) is 11.8. The molecule has 1 aromatic carbocycles. The van der Waals surface area contributed by atoms with E-state index in [2.05, 4.69) is 18.7 Å². The fourth-order valence-corrected chi connectivity index (χ4v) is 7.65. The van der Waals surface area contributed by atoms with Gasteiger partial charge in [-0.05, 0) is 83.3 Å². The number of ketones is 4. The van der Waals surface area contributed by atoms with Crippen LogP contribution in [0.2, 0.25) is 0 Å². The largest absolute Gasteiger partial charge is 0.507 e. The fraction of sp³-hybridized carbons (Fsp3) is 0.643. The van der Waals surface area contributed by atoms with Gasteiger partial charge in [-0.2, -0.15) is 0 Å². The Hall–Kier alpha value is -2.46. The van der Waals surface area contributed by atoms with E-state index < -0.39 is 58.4 Å². The summed E-state index contributed by atoms with van der Waals surface area (Å²) in [6.07, 6.45) is 2.53. The lowest BCUT2D eigenvalue weighted by atomic mass is 9.52. The molecule has 200 valence electrons. The lowest BCUT2D eigenvalue weighted by Crippen LogP contribution is -2.73. The zero-order chi connectivity index (χ0) is 27.0. The van der Waals surface area contributed by atoms with Crippen LogP contribution in [0.4, 0.5) is 0 Å². The van der Waals surface area contributed by atoms with Crippen LogP contribution in [0.1, 0.15) is 60.6 Å². The number of phenols is 1. The number of nitrogens with two attached hydrogens (primary N) is 1. The molecule has 0 amide bonds. The Bertz CT molecular complexity index is 1180. The summed E-state index contributed by atoms with van der Waals surface area (Å²) >= 11 is 0. The third-order valence-corrected chi connectivity index (χ3v) is 9.30. The van der Waals surface area contributed by atoms with Crippen molar-refractivity contribution in [3.63, 3.8) is 0 Å². The predicted octanol–water partition coefficient (Wildman–Crippen LogP) is 0.886. The monoisotopic (exact) mass is 511 g/mol. The molecule has 2 saturated carbocycles. The van der Waals surface area contributed by atoms with Crippen molar-refractivity contribution in [2.24, 2.45) is 29.4 Å². The minimum atomic E-state index is -2.46. The van der Waals surface area contributed by atoms with Crippen molar-refractivity contribution in [2.45, 2.75) is 63.3 Å². The number of phenolic OH excluding ortho intramolecular Hbond substituents is 1. The van der Waals surface area contributed by atoms with Gasteiger partial charge in [-0.25, -0.2) is 0 Å². The van der Waals surface area contributed by atoms with E-state index >= 15 is 0 Å². The van der Waals surface area contributed by atoms with E-state index in [1.54, 1.807) is 25.1 Å². The summed E-state index contributed by atoms with van der Waals surface area (Å²) in [5.74, 6) is -6.87. The van der Waals surface area contributed by atoms with E-state index in [0.717, 1.165) is 24.9 Å². The minimum Gasteiger partial charge on any atom is -0.507 e. The Morgan fingerprint density at radius 1 is 1.16 bits per heavy atom. The first kappa shape index (κ1) is 26.2. The Labute approximate surface area is 217 Å². The third kappa shape index (κ3) is 3.66. The van der Waals surface area contributed by atoms with Crippen molar-refractivity contribution in [1.82, 2.24) is 9.80 Å². The molecule has 7 atom stereocenters. The van der Waals surface area contributed by atoms with Crippen molar-refractivity contribution in [3.05, 3.63) is 28.8 Å². The zero-order valence-corrected chi connectivity index (χ0v) is 21.9. The van der Waals surface area contributed by atoms with Crippen LogP contribution >= 0.6 is 0 Å². The normalized spacial score (nSPS) is 36.2. The lowest BCUT2D eigenvalue weighted by Gasteiger charge is -2.52. The summed E-state index contributed by atoms with van der Waals surface area (Å²) in [6, 6.07) is 3.22. The predicted molar refractivity (Wildman–Crippen MR) is 135 cm³/mol. The van der Waals surface area contributed by atoms with Crippen LogP contribution in [-0.4, -0.2) is 88.0 Å². The van der Waals surface area contributed by atoms with Gasteiger partial charge in [-0.15, -0.1) is 0 Å². The number of fused-ring (bicyclic) bond motifs is 3.